The molecule has 0 bridgehead atoms. The maximum atomic E-state index is 9.51. The molecule has 0 amide bonds. The van der Waals surface area contributed by atoms with Crippen molar-refractivity contribution in [2.75, 3.05) is 17.7 Å². The Hall–Kier alpha value is -2.00. The number of hydrogen-bond donors (Lipinski definition) is 3. The van der Waals surface area contributed by atoms with E-state index in [1.807, 2.05) is 55.5 Å². The average Bonchev–Trinajstić information content (AvgIpc) is 2.41. The van der Waals surface area contributed by atoms with Crippen LogP contribution in [0.4, 0.5) is 11.4 Å². The van der Waals surface area contributed by atoms with Crippen LogP contribution in [0, 0.1) is 6.92 Å². The summed E-state index contributed by atoms with van der Waals surface area (Å²) in [6, 6.07) is 15.5. The van der Waals surface area contributed by atoms with Crippen molar-refractivity contribution < 1.29 is 5.11 Å². The van der Waals surface area contributed by atoms with Gasteiger partial charge in [0, 0.05) is 11.4 Å². The van der Waals surface area contributed by atoms with Crippen LogP contribution >= 0.6 is 0 Å². The molecule has 1 unspecified atom stereocenters. The van der Waals surface area contributed by atoms with Crippen molar-refractivity contribution in [3.8, 4) is 0 Å². The maximum absolute atomic E-state index is 9.51. The second-order valence-electron chi connectivity index (χ2n) is 4.31. The zero-order valence-electron chi connectivity index (χ0n) is 10.4. The predicted octanol–water partition coefficient (Wildman–Crippen LogP) is 2.72. The van der Waals surface area contributed by atoms with E-state index < -0.39 is 0 Å². The highest BCUT2D eigenvalue weighted by Gasteiger charge is 2.11. The zero-order chi connectivity index (χ0) is 13.0. The monoisotopic (exact) mass is 242 g/mol. The summed E-state index contributed by atoms with van der Waals surface area (Å²) in [5.41, 5.74) is 9.65. The van der Waals surface area contributed by atoms with Gasteiger partial charge in [-0.2, -0.15) is 0 Å². The minimum atomic E-state index is -0.119. The lowest BCUT2D eigenvalue weighted by atomic mass is 10.1. The van der Waals surface area contributed by atoms with E-state index in [1.54, 1.807) is 0 Å². The molecule has 0 aliphatic carbocycles. The van der Waals surface area contributed by atoms with Gasteiger partial charge in [0.25, 0.3) is 0 Å². The molecular formula is C15H18N2O. The Morgan fingerprint density at radius 1 is 1.11 bits per heavy atom. The molecule has 0 saturated carbocycles. The topological polar surface area (TPSA) is 58.3 Å². The van der Waals surface area contributed by atoms with Gasteiger partial charge in [0.05, 0.1) is 12.6 Å². The van der Waals surface area contributed by atoms with Crippen molar-refractivity contribution in [3.05, 3.63) is 59.7 Å². The molecule has 2 aromatic rings. The van der Waals surface area contributed by atoms with E-state index in [-0.39, 0.29) is 12.6 Å². The molecule has 0 aliphatic heterocycles. The number of nitrogens with two attached hydrogens (primary N) is 1. The summed E-state index contributed by atoms with van der Waals surface area (Å²) < 4.78 is 0. The van der Waals surface area contributed by atoms with Crippen LogP contribution in [0.2, 0.25) is 0 Å². The molecule has 3 nitrogen and oxygen atoms in total. The Morgan fingerprint density at radius 2 is 1.83 bits per heavy atom. The SMILES string of the molecule is Cc1c(N)cccc1NC(CO)c1ccccc1. The summed E-state index contributed by atoms with van der Waals surface area (Å²) in [5.74, 6) is 0. The van der Waals surface area contributed by atoms with Crippen LogP contribution in [0.15, 0.2) is 48.5 Å². The predicted molar refractivity (Wildman–Crippen MR) is 75.5 cm³/mol. The van der Waals surface area contributed by atoms with Gasteiger partial charge in [0.2, 0.25) is 0 Å². The largest absolute Gasteiger partial charge is 0.398 e. The van der Waals surface area contributed by atoms with E-state index >= 15 is 0 Å². The fourth-order valence-corrected chi connectivity index (χ4v) is 1.92. The second-order valence-corrected chi connectivity index (χ2v) is 4.31. The summed E-state index contributed by atoms with van der Waals surface area (Å²) in [4.78, 5) is 0. The molecule has 0 aliphatic rings. The number of hydrogen-bond acceptors (Lipinski definition) is 3. The van der Waals surface area contributed by atoms with Crippen molar-refractivity contribution in [2.45, 2.75) is 13.0 Å². The fraction of sp³-hybridized carbons (Fsp3) is 0.200. The molecule has 1 atom stereocenters. The molecule has 18 heavy (non-hydrogen) atoms. The minimum Gasteiger partial charge on any atom is -0.398 e. The number of rotatable bonds is 4. The number of nitrogens with one attached hydrogen (secondary N) is 1. The molecule has 0 fully saturated rings. The van der Waals surface area contributed by atoms with Crippen molar-refractivity contribution in [3.63, 3.8) is 0 Å². The van der Waals surface area contributed by atoms with E-state index in [0.29, 0.717) is 0 Å². The Kier molecular flexibility index (Phi) is 3.85. The summed E-state index contributed by atoms with van der Waals surface area (Å²) in [7, 11) is 0. The molecule has 94 valence electrons. The number of aliphatic hydroxyl groups is 1. The third kappa shape index (κ3) is 2.63. The van der Waals surface area contributed by atoms with E-state index in [2.05, 4.69) is 5.32 Å². The first kappa shape index (κ1) is 12.5. The van der Waals surface area contributed by atoms with Gasteiger partial charge in [0.15, 0.2) is 0 Å². The first-order valence-electron chi connectivity index (χ1n) is 6.00. The Morgan fingerprint density at radius 3 is 2.50 bits per heavy atom. The van der Waals surface area contributed by atoms with Crippen LogP contribution in [0.25, 0.3) is 0 Å². The van der Waals surface area contributed by atoms with Gasteiger partial charge in [0.1, 0.15) is 0 Å². The van der Waals surface area contributed by atoms with Gasteiger partial charge in [-0.25, -0.2) is 0 Å². The highest BCUT2D eigenvalue weighted by atomic mass is 16.3. The van der Waals surface area contributed by atoms with Gasteiger partial charge in [-0.15, -0.1) is 0 Å². The van der Waals surface area contributed by atoms with Crippen LogP contribution in [-0.2, 0) is 0 Å². The smallest absolute Gasteiger partial charge is 0.0745 e. The first-order valence-corrected chi connectivity index (χ1v) is 6.00. The fourth-order valence-electron chi connectivity index (χ4n) is 1.92. The van der Waals surface area contributed by atoms with Crippen LogP contribution in [-0.4, -0.2) is 11.7 Å². The van der Waals surface area contributed by atoms with Crippen LogP contribution < -0.4 is 11.1 Å². The van der Waals surface area contributed by atoms with E-state index in [4.69, 9.17) is 5.73 Å². The summed E-state index contributed by atoms with van der Waals surface area (Å²) in [6.07, 6.45) is 0. The first-order chi connectivity index (χ1) is 8.72. The van der Waals surface area contributed by atoms with Gasteiger partial charge in [-0.05, 0) is 30.2 Å². The molecule has 0 aromatic heterocycles. The lowest BCUT2D eigenvalue weighted by molar-refractivity contribution is 0.276. The highest BCUT2D eigenvalue weighted by Crippen LogP contribution is 2.25. The molecule has 0 radical (unpaired) electrons. The summed E-state index contributed by atoms with van der Waals surface area (Å²) in [5, 5.41) is 12.8. The quantitative estimate of drug-likeness (QED) is 0.722. The van der Waals surface area contributed by atoms with Crippen molar-refractivity contribution in [2.24, 2.45) is 0 Å². The Balaban J connectivity index is 2.24. The number of aliphatic hydroxyl groups excluding tert-OH is 1. The highest BCUT2D eigenvalue weighted by molar-refractivity contribution is 5.63. The van der Waals surface area contributed by atoms with Gasteiger partial charge in [-0.1, -0.05) is 36.4 Å². The number of anilines is 2. The van der Waals surface area contributed by atoms with E-state index in [9.17, 15) is 5.11 Å². The third-order valence-electron chi connectivity index (χ3n) is 3.09. The van der Waals surface area contributed by atoms with Crippen molar-refractivity contribution in [1.29, 1.82) is 0 Å². The number of nitrogen functional groups attached to an aromatic ring is 1. The van der Waals surface area contributed by atoms with E-state index in [1.165, 1.54) is 0 Å². The van der Waals surface area contributed by atoms with Crippen LogP contribution in [0.3, 0.4) is 0 Å². The third-order valence-corrected chi connectivity index (χ3v) is 3.09. The van der Waals surface area contributed by atoms with Gasteiger partial charge >= 0.3 is 0 Å². The normalized spacial score (nSPS) is 12.1. The lowest BCUT2D eigenvalue weighted by Crippen LogP contribution is -2.15. The number of benzene rings is 2. The summed E-state index contributed by atoms with van der Waals surface area (Å²) in [6.45, 7) is 2.01. The average molecular weight is 242 g/mol. The van der Waals surface area contributed by atoms with Crippen LogP contribution in [0.1, 0.15) is 17.2 Å². The van der Waals surface area contributed by atoms with Gasteiger partial charge < -0.3 is 16.2 Å². The standard InChI is InChI=1S/C15H18N2O/c1-11-13(16)8-5-9-14(11)17-15(10-18)12-6-3-2-4-7-12/h2-9,15,17-18H,10,16H2,1H3. The molecule has 4 N–H and O–H groups in total. The zero-order valence-corrected chi connectivity index (χ0v) is 10.4. The van der Waals surface area contributed by atoms with E-state index in [0.717, 1.165) is 22.5 Å². The van der Waals surface area contributed by atoms with Gasteiger partial charge in [-0.3, -0.25) is 0 Å². The Bertz CT molecular complexity index is 511. The second kappa shape index (κ2) is 5.56. The minimum absolute atomic E-state index is 0.0399. The molecule has 3 heteroatoms. The molecule has 0 heterocycles. The lowest BCUT2D eigenvalue weighted by Gasteiger charge is -2.20. The molecule has 2 aromatic carbocycles. The summed E-state index contributed by atoms with van der Waals surface area (Å²) >= 11 is 0. The Labute approximate surface area is 107 Å². The molecule has 0 spiro atoms. The van der Waals surface area contributed by atoms with Crippen LogP contribution in [0.5, 0.6) is 0 Å². The molecule has 2 rings (SSSR count). The molecular weight excluding hydrogens is 224 g/mol. The van der Waals surface area contributed by atoms with Crippen molar-refractivity contribution in [1.82, 2.24) is 0 Å². The maximum Gasteiger partial charge on any atom is 0.0745 e. The molecule has 0 saturated heterocycles. The van der Waals surface area contributed by atoms with Crippen molar-refractivity contribution >= 4 is 11.4 Å².